The molecule has 0 saturated heterocycles. The Labute approximate surface area is 204 Å². The highest BCUT2D eigenvalue weighted by Crippen LogP contribution is 2.37. The van der Waals surface area contributed by atoms with Crippen molar-refractivity contribution in [2.75, 3.05) is 7.05 Å². The number of aromatic amines is 1. The third kappa shape index (κ3) is 4.90. The Bertz CT molecular complexity index is 1400. The number of nitrogens with one attached hydrogen (secondary N) is 1. The predicted octanol–water partition coefficient (Wildman–Crippen LogP) is 4.79. The Hall–Kier alpha value is -3.43. The van der Waals surface area contributed by atoms with Crippen LogP contribution in [-0.4, -0.2) is 32.6 Å². The molecule has 0 fully saturated rings. The number of thiophene rings is 1. The molecular weight excluding hydrogens is 479 g/mol. The minimum absolute atomic E-state index is 0.0207. The molecule has 0 atom stereocenters. The second-order valence-corrected chi connectivity index (χ2v) is 9.26. The lowest BCUT2D eigenvalue weighted by molar-refractivity contribution is 0.0786. The van der Waals surface area contributed by atoms with E-state index < -0.39 is 5.82 Å². The molecule has 34 heavy (non-hydrogen) atoms. The van der Waals surface area contributed by atoms with E-state index in [0.29, 0.717) is 34.3 Å². The fourth-order valence-corrected chi connectivity index (χ4v) is 4.35. The van der Waals surface area contributed by atoms with Crippen molar-refractivity contribution in [1.82, 2.24) is 19.7 Å². The van der Waals surface area contributed by atoms with Gasteiger partial charge in [0.15, 0.2) is 5.82 Å². The van der Waals surface area contributed by atoms with E-state index in [1.165, 1.54) is 22.8 Å². The minimum atomic E-state index is -0.519. The standard InChI is InChI=1S/C24H22ClFN4O3S/c1-14-9-21(33-13-22-27-28-24(32)30(22)3)18(11-19(14)25)17-10-15(6-7-20(17)26)23(31)29(2)12-16-5-4-8-34-16/h4-11H,12-13H2,1-3H3,(H,28,32). The normalized spacial score (nSPS) is 11.0. The number of hydrogen-bond acceptors (Lipinski definition) is 5. The van der Waals surface area contributed by atoms with E-state index in [-0.39, 0.29) is 23.8 Å². The summed E-state index contributed by atoms with van der Waals surface area (Å²) in [5.74, 6) is -0.0211. The number of H-pyrrole nitrogens is 1. The first-order valence-corrected chi connectivity index (χ1v) is 11.6. The quantitative estimate of drug-likeness (QED) is 0.395. The van der Waals surface area contributed by atoms with Crippen LogP contribution >= 0.6 is 22.9 Å². The van der Waals surface area contributed by atoms with Crippen molar-refractivity contribution < 1.29 is 13.9 Å². The van der Waals surface area contributed by atoms with Gasteiger partial charge in [0.1, 0.15) is 18.2 Å². The Morgan fingerprint density at radius 2 is 2.06 bits per heavy atom. The summed E-state index contributed by atoms with van der Waals surface area (Å²) in [5.41, 5.74) is 1.29. The molecule has 2 aromatic heterocycles. The van der Waals surface area contributed by atoms with Gasteiger partial charge in [-0.05, 0) is 54.3 Å². The molecule has 176 valence electrons. The molecule has 0 spiro atoms. The first-order valence-electron chi connectivity index (χ1n) is 10.4. The van der Waals surface area contributed by atoms with Crippen LogP contribution < -0.4 is 10.4 Å². The molecule has 4 rings (SSSR count). The fraction of sp³-hybridized carbons (Fsp3) is 0.208. The first kappa shape index (κ1) is 23.7. The van der Waals surface area contributed by atoms with E-state index in [9.17, 15) is 14.0 Å². The zero-order valence-corrected chi connectivity index (χ0v) is 20.3. The van der Waals surface area contributed by atoms with Crippen LogP contribution in [0.15, 0.2) is 52.6 Å². The number of amides is 1. The Morgan fingerprint density at radius 3 is 2.74 bits per heavy atom. The van der Waals surface area contributed by atoms with Crippen molar-refractivity contribution in [2.45, 2.75) is 20.1 Å². The van der Waals surface area contributed by atoms with Crippen LogP contribution in [0, 0.1) is 12.7 Å². The molecule has 7 nitrogen and oxygen atoms in total. The third-order valence-corrected chi connectivity index (χ3v) is 6.68. The van der Waals surface area contributed by atoms with Gasteiger partial charge in [0.05, 0.1) is 6.54 Å². The van der Waals surface area contributed by atoms with Crippen molar-refractivity contribution in [3.05, 3.63) is 91.0 Å². The molecule has 1 N–H and O–H groups in total. The van der Waals surface area contributed by atoms with Gasteiger partial charge in [0, 0.05) is 40.7 Å². The largest absolute Gasteiger partial charge is 0.485 e. The van der Waals surface area contributed by atoms with E-state index in [0.717, 1.165) is 10.4 Å². The summed E-state index contributed by atoms with van der Waals surface area (Å²) in [7, 11) is 3.27. The molecule has 2 aromatic carbocycles. The van der Waals surface area contributed by atoms with Crippen molar-refractivity contribution in [2.24, 2.45) is 7.05 Å². The lowest BCUT2D eigenvalue weighted by Gasteiger charge is -2.18. The van der Waals surface area contributed by atoms with Crippen LogP contribution in [0.5, 0.6) is 5.75 Å². The molecule has 10 heteroatoms. The maximum absolute atomic E-state index is 15.0. The highest BCUT2D eigenvalue weighted by Gasteiger charge is 2.19. The summed E-state index contributed by atoms with van der Waals surface area (Å²) in [4.78, 5) is 27.3. The summed E-state index contributed by atoms with van der Waals surface area (Å²) in [6, 6.07) is 11.4. The molecule has 1 amide bonds. The van der Waals surface area contributed by atoms with Crippen LogP contribution in [0.2, 0.25) is 5.02 Å². The van der Waals surface area contributed by atoms with Crippen molar-refractivity contribution in [3.63, 3.8) is 0 Å². The number of carbonyl (C=O) groups is 1. The van der Waals surface area contributed by atoms with Crippen LogP contribution in [-0.2, 0) is 20.2 Å². The number of benzene rings is 2. The predicted molar refractivity (Wildman–Crippen MR) is 130 cm³/mol. The van der Waals surface area contributed by atoms with E-state index >= 15 is 0 Å². The topological polar surface area (TPSA) is 80.2 Å². The lowest BCUT2D eigenvalue weighted by Crippen LogP contribution is -2.25. The highest BCUT2D eigenvalue weighted by molar-refractivity contribution is 7.09. The molecule has 4 aromatic rings. The fourth-order valence-electron chi connectivity index (χ4n) is 3.43. The lowest BCUT2D eigenvalue weighted by atomic mass is 9.99. The highest BCUT2D eigenvalue weighted by atomic mass is 35.5. The number of carbonyl (C=O) groups excluding carboxylic acids is 1. The van der Waals surface area contributed by atoms with Crippen LogP contribution in [0.4, 0.5) is 4.39 Å². The molecule has 0 unspecified atom stereocenters. The zero-order valence-electron chi connectivity index (χ0n) is 18.8. The van der Waals surface area contributed by atoms with Gasteiger partial charge < -0.3 is 9.64 Å². The Balaban J connectivity index is 1.67. The smallest absolute Gasteiger partial charge is 0.343 e. The van der Waals surface area contributed by atoms with E-state index in [1.54, 1.807) is 49.4 Å². The first-order chi connectivity index (χ1) is 16.2. The second-order valence-electron chi connectivity index (χ2n) is 7.83. The average Bonchev–Trinajstić information content (AvgIpc) is 3.44. The zero-order chi connectivity index (χ0) is 24.4. The number of aromatic nitrogens is 3. The third-order valence-electron chi connectivity index (χ3n) is 5.41. The average molecular weight is 501 g/mol. The number of halogens is 2. The summed E-state index contributed by atoms with van der Waals surface area (Å²) >= 11 is 7.91. The molecule has 0 bridgehead atoms. The summed E-state index contributed by atoms with van der Waals surface area (Å²) in [5, 5.41) is 8.66. The number of ether oxygens (including phenoxy) is 1. The number of aryl methyl sites for hydroxylation is 1. The monoisotopic (exact) mass is 500 g/mol. The number of rotatable bonds is 7. The van der Waals surface area contributed by atoms with Gasteiger partial charge in [-0.2, -0.15) is 5.10 Å². The van der Waals surface area contributed by atoms with Crippen LogP contribution in [0.3, 0.4) is 0 Å². The number of hydrogen-bond donors (Lipinski definition) is 1. The van der Waals surface area contributed by atoms with Crippen LogP contribution in [0.25, 0.3) is 11.1 Å². The molecule has 0 radical (unpaired) electrons. The van der Waals surface area contributed by atoms with E-state index in [2.05, 4.69) is 10.2 Å². The molecule has 2 heterocycles. The van der Waals surface area contributed by atoms with Gasteiger partial charge in [0.25, 0.3) is 5.91 Å². The van der Waals surface area contributed by atoms with E-state index in [1.807, 2.05) is 17.5 Å². The molecule has 0 saturated carbocycles. The number of nitrogens with zero attached hydrogens (tertiary/aromatic N) is 3. The molecule has 0 aliphatic heterocycles. The molecular formula is C24H22ClFN4O3S. The SMILES string of the molecule is Cc1cc(OCc2n[nH]c(=O)n2C)c(-c2cc(C(=O)N(C)Cc3cccs3)ccc2F)cc1Cl. The van der Waals surface area contributed by atoms with Crippen molar-refractivity contribution in [3.8, 4) is 16.9 Å². The van der Waals surface area contributed by atoms with E-state index in [4.69, 9.17) is 16.3 Å². The summed E-state index contributed by atoms with van der Waals surface area (Å²) in [6.45, 7) is 2.24. The molecule has 0 aliphatic rings. The van der Waals surface area contributed by atoms with Gasteiger partial charge >= 0.3 is 5.69 Å². The van der Waals surface area contributed by atoms with Gasteiger partial charge in [-0.1, -0.05) is 17.7 Å². The maximum atomic E-state index is 15.0. The van der Waals surface area contributed by atoms with Gasteiger partial charge in [0.2, 0.25) is 0 Å². The van der Waals surface area contributed by atoms with Crippen molar-refractivity contribution >= 4 is 28.8 Å². The Morgan fingerprint density at radius 1 is 1.26 bits per heavy atom. The van der Waals surface area contributed by atoms with Gasteiger partial charge in [-0.25, -0.2) is 14.3 Å². The van der Waals surface area contributed by atoms with Crippen molar-refractivity contribution in [1.29, 1.82) is 0 Å². The minimum Gasteiger partial charge on any atom is -0.485 e. The summed E-state index contributed by atoms with van der Waals surface area (Å²) < 4.78 is 22.2. The van der Waals surface area contributed by atoms with Crippen LogP contribution in [0.1, 0.15) is 26.6 Å². The maximum Gasteiger partial charge on any atom is 0.343 e. The summed E-state index contributed by atoms with van der Waals surface area (Å²) in [6.07, 6.45) is 0. The Kier molecular flexibility index (Phi) is 6.85. The second kappa shape index (κ2) is 9.82. The van der Waals surface area contributed by atoms with Gasteiger partial charge in [-0.15, -0.1) is 11.3 Å². The molecule has 0 aliphatic carbocycles. The van der Waals surface area contributed by atoms with Gasteiger partial charge in [-0.3, -0.25) is 9.36 Å².